The fourth-order valence-electron chi connectivity index (χ4n) is 2.69. The Morgan fingerprint density at radius 1 is 1.33 bits per heavy atom. The van der Waals surface area contributed by atoms with Crippen LogP contribution in [0.2, 0.25) is 0 Å². The van der Waals surface area contributed by atoms with Gasteiger partial charge in [-0.3, -0.25) is 0 Å². The zero-order chi connectivity index (χ0) is 13.3. The molecule has 0 saturated carbocycles. The Balaban J connectivity index is 2.14. The van der Waals surface area contributed by atoms with Gasteiger partial charge in [0.2, 0.25) is 0 Å². The van der Waals surface area contributed by atoms with E-state index in [0.717, 1.165) is 13.2 Å². The van der Waals surface area contributed by atoms with Crippen molar-refractivity contribution in [2.75, 3.05) is 31.7 Å². The first-order valence-corrected chi connectivity index (χ1v) is 6.53. The predicted molar refractivity (Wildman–Crippen MR) is 76.1 cm³/mol. The summed E-state index contributed by atoms with van der Waals surface area (Å²) in [5.74, 6) is 0. The maximum atomic E-state index is 6.15. The molecule has 0 aliphatic carbocycles. The normalized spacial score (nSPS) is 27.5. The molecule has 0 aromatic heterocycles. The van der Waals surface area contributed by atoms with Gasteiger partial charge in [-0.25, -0.2) is 0 Å². The van der Waals surface area contributed by atoms with E-state index in [1.54, 1.807) is 0 Å². The standard InChI is InChI=1S/C15H24N2O/c1-11-5-12(2)7-13(6-11)17(4)9-15(3)10-18-8-14(15)16/h5-7,14H,8-10,16H2,1-4H3. The Kier molecular flexibility index (Phi) is 3.64. The van der Waals surface area contributed by atoms with Crippen LogP contribution in [0.25, 0.3) is 0 Å². The van der Waals surface area contributed by atoms with Crippen LogP contribution in [0.5, 0.6) is 0 Å². The summed E-state index contributed by atoms with van der Waals surface area (Å²) in [6.45, 7) is 8.84. The molecule has 1 heterocycles. The highest BCUT2D eigenvalue weighted by atomic mass is 16.5. The third kappa shape index (κ3) is 2.68. The monoisotopic (exact) mass is 248 g/mol. The molecular weight excluding hydrogens is 224 g/mol. The first-order chi connectivity index (χ1) is 8.40. The van der Waals surface area contributed by atoms with E-state index in [9.17, 15) is 0 Å². The number of rotatable bonds is 3. The van der Waals surface area contributed by atoms with Crippen LogP contribution in [-0.2, 0) is 4.74 Å². The first kappa shape index (κ1) is 13.4. The molecule has 0 radical (unpaired) electrons. The molecule has 100 valence electrons. The molecule has 2 rings (SSSR count). The Morgan fingerprint density at radius 3 is 2.44 bits per heavy atom. The average molecular weight is 248 g/mol. The van der Waals surface area contributed by atoms with Crippen molar-refractivity contribution in [2.45, 2.75) is 26.8 Å². The van der Waals surface area contributed by atoms with Crippen LogP contribution in [0.1, 0.15) is 18.1 Å². The molecule has 0 spiro atoms. The molecule has 1 aliphatic rings. The Morgan fingerprint density at radius 2 is 1.94 bits per heavy atom. The number of aryl methyl sites for hydroxylation is 2. The van der Waals surface area contributed by atoms with Crippen molar-refractivity contribution >= 4 is 5.69 Å². The lowest BCUT2D eigenvalue weighted by Gasteiger charge is -2.33. The van der Waals surface area contributed by atoms with Crippen molar-refractivity contribution in [2.24, 2.45) is 11.1 Å². The SMILES string of the molecule is Cc1cc(C)cc(N(C)CC2(C)COCC2N)c1. The summed E-state index contributed by atoms with van der Waals surface area (Å²) in [5, 5.41) is 0. The third-order valence-electron chi connectivity index (χ3n) is 3.87. The second kappa shape index (κ2) is 4.90. The maximum Gasteiger partial charge on any atom is 0.0624 e. The third-order valence-corrected chi connectivity index (χ3v) is 3.87. The zero-order valence-corrected chi connectivity index (χ0v) is 11.9. The van der Waals surface area contributed by atoms with Gasteiger partial charge in [-0.2, -0.15) is 0 Å². The largest absolute Gasteiger partial charge is 0.379 e. The van der Waals surface area contributed by atoms with Gasteiger partial charge in [0.1, 0.15) is 0 Å². The molecule has 1 aliphatic heterocycles. The van der Waals surface area contributed by atoms with Crippen molar-refractivity contribution in [3.8, 4) is 0 Å². The van der Waals surface area contributed by atoms with Crippen LogP contribution in [0.4, 0.5) is 5.69 Å². The first-order valence-electron chi connectivity index (χ1n) is 6.53. The van der Waals surface area contributed by atoms with Gasteiger partial charge in [0.15, 0.2) is 0 Å². The van der Waals surface area contributed by atoms with E-state index < -0.39 is 0 Å². The lowest BCUT2D eigenvalue weighted by Crippen LogP contribution is -2.46. The molecule has 3 heteroatoms. The lowest BCUT2D eigenvalue weighted by atomic mass is 9.85. The summed E-state index contributed by atoms with van der Waals surface area (Å²) in [7, 11) is 2.13. The fraction of sp³-hybridized carbons (Fsp3) is 0.600. The van der Waals surface area contributed by atoms with E-state index in [-0.39, 0.29) is 11.5 Å². The average Bonchev–Trinajstić information content (AvgIpc) is 2.57. The van der Waals surface area contributed by atoms with Crippen molar-refractivity contribution in [3.05, 3.63) is 29.3 Å². The molecule has 1 fully saturated rings. The number of nitrogens with zero attached hydrogens (tertiary/aromatic N) is 1. The van der Waals surface area contributed by atoms with Gasteiger partial charge in [-0.05, 0) is 37.1 Å². The van der Waals surface area contributed by atoms with Crippen molar-refractivity contribution < 1.29 is 4.74 Å². The molecule has 1 saturated heterocycles. The molecule has 1 aromatic carbocycles. The van der Waals surface area contributed by atoms with E-state index in [2.05, 4.69) is 50.9 Å². The molecule has 1 aromatic rings. The van der Waals surface area contributed by atoms with Crippen LogP contribution in [0.15, 0.2) is 18.2 Å². The Labute approximate surface area is 110 Å². The molecule has 0 bridgehead atoms. The van der Waals surface area contributed by atoms with Gasteiger partial charge in [-0.1, -0.05) is 13.0 Å². The van der Waals surface area contributed by atoms with Crippen LogP contribution in [0.3, 0.4) is 0 Å². The van der Waals surface area contributed by atoms with Crippen LogP contribution in [0, 0.1) is 19.3 Å². The molecular formula is C15H24N2O. The second-order valence-corrected chi connectivity index (χ2v) is 5.98. The predicted octanol–water partition coefficient (Wildman–Crippen LogP) is 2.10. The number of benzene rings is 1. The molecule has 2 atom stereocenters. The van der Waals surface area contributed by atoms with Gasteiger partial charge in [-0.15, -0.1) is 0 Å². The summed E-state index contributed by atoms with van der Waals surface area (Å²) in [6.07, 6.45) is 0. The summed E-state index contributed by atoms with van der Waals surface area (Å²) in [4.78, 5) is 2.29. The summed E-state index contributed by atoms with van der Waals surface area (Å²) < 4.78 is 5.50. The van der Waals surface area contributed by atoms with E-state index in [1.165, 1.54) is 16.8 Å². The van der Waals surface area contributed by atoms with Gasteiger partial charge < -0.3 is 15.4 Å². The molecule has 3 nitrogen and oxygen atoms in total. The lowest BCUT2D eigenvalue weighted by molar-refractivity contribution is 0.162. The second-order valence-electron chi connectivity index (χ2n) is 5.98. The molecule has 2 N–H and O–H groups in total. The van der Waals surface area contributed by atoms with Gasteiger partial charge in [0.25, 0.3) is 0 Å². The van der Waals surface area contributed by atoms with Crippen LogP contribution >= 0.6 is 0 Å². The molecule has 18 heavy (non-hydrogen) atoms. The minimum Gasteiger partial charge on any atom is -0.379 e. The smallest absolute Gasteiger partial charge is 0.0624 e. The van der Waals surface area contributed by atoms with Crippen molar-refractivity contribution in [1.82, 2.24) is 0 Å². The zero-order valence-electron chi connectivity index (χ0n) is 11.9. The molecule has 2 unspecified atom stereocenters. The highest BCUT2D eigenvalue weighted by molar-refractivity contribution is 5.50. The Bertz CT molecular complexity index is 412. The van der Waals surface area contributed by atoms with E-state index in [0.29, 0.717) is 6.61 Å². The number of nitrogens with two attached hydrogens (primary N) is 1. The van der Waals surface area contributed by atoms with Crippen molar-refractivity contribution in [1.29, 1.82) is 0 Å². The number of hydrogen-bond donors (Lipinski definition) is 1. The number of hydrogen-bond acceptors (Lipinski definition) is 3. The van der Waals surface area contributed by atoms with Gasteiger partial charge in [0, 0.05) is 30.7 Å². The molecule has 0 amide bonds. The fourth-order valence-corrected chi connectivity index (χ4v) is 2.69. The Hall–Kier alpha value is -1.06. The minimum atomic E-state index is 0.0480. The summed E-state index contributed by atoms with van der Waals surface area (Å²) in [6, 6.07) is 6.77. The minimum absolute atomic E-state index is 0.0480. The highest BCUT2D eigenvalue weighted by Crippen LogP contribution is 2.30. The summed E-state index contributed by atoms with van der Waals surface area (Å²) >= 11 is 0. The van der Waals surface area contributed by atoms with Gasteiger partial charge in [0.05, 0.1) is 13.2 Å². The van der Waals surface area contributed by atoms with Gasteiger partial charge >= 0.3 is 0 Å². The quantitative estimate of drug-likeness (QED) is 0.890. The van der Waals surface area contributed by atoms with Crippen LogP contribution < -0.4 is 10.6 Å². The topological polar surface area (TPSA) is 38.5 Å². The number of anilines is 1. The summed E-state index contributed by atoms with van der Waals surface area (Å²) in [5.41, 5.74) is 10.1. The van der Waals surface area contributed by atoms with E-state index in [1.807, 2.05) is 0 Å². The highest BCUT2D eigenvalue weighted by Gasteiger charge is 2.38. The van der Waals surface area contributed by atoms with E-state index >= 15 is 0 Å². The van der Waals surface area contributed by atoms with E-state index in [4.69, 9.17) is 10.5 Å². The van der Waals surface area contributed by atoms with Crippen LogP contribution in [-0.4, -0.2) is 32.8 Å². The number of ether oxygens (including phenoxy) is 1. The van der Waals surface area contributed by atoms with Crippen molar-refractivity contribution in [3.63, 3.8) is 0 Å². The maximum absolute atomic E-state index is 6.15.